The topological polar surface area (TPSA) is 46.3 Å². The molecule has 2 N–H and O–H groups in total. The highest BCUT2D eigenvalue weighted by molar-refractivity contribution is 7.98. The highest BCUT2D eigenvalue weighted by Gasteiger charge is 2.27. The second kappa shape index (κ2) is 7.98. The highest BCUT2D eigenvalue weighted by Crippen LogP contribution is 2.23. The Labute approximate surface area is 109 Å². The van der Waals surface area contributed by atoms with Gasteiger partial charge in [0.25, 0.3) is 0 Å². The van der Waals surface area contributed by atoms with Gasteiger partial charge in [0.05, 0.1) is 6.04 Å². The van der Waals surface area contributed by atoms with Crippen LogP contribution in [-0.2, 0) is 4.79 Å². The van der Waals surface area contributed by atoms with Crippen LogP contribution in [0.4, 0.5) is 0 Å². The van der Waals surface area contributed by atoms with Crippen LogP contribution in [0.1, 0.15) is 45.4 Å². The first-order valence-electron chi connectivity index (χ1n) is 6.75. The standard InChI is InChI=1S/C13H26N2OS/c1-3-15(11-7-5-4-6-8-11)13(16)12(14)9-10-17-2/h11-12H,3-10,14H2,1-2H3/t12-/m0/s1. The minimum Gasteiger partial charge on any atom is -0.339 e. The fourth-order valence-corrected chi connectivity index (χ4v) is 3.06. The molecule has 0 aliphatic heterocycles. The van der Waals surface area contributed by atoms with Gasteiger partial charge < -0.3 is 10.6 Å². The van der Waals surface area contributed by atoms with Crippen LogP contribution >= 0.6 is 11.8 Å². The maximum atomic E-state index is 12.3. The van der Waals surface area contributed by atoms with E-state index in [9.17, 15) is 4.79 Å². The van der Waals surface area contributed by atoms with E-state index in [0.29, 0.717) is 6.04 Å². The third kappa shape index (κ3) is 4.51. The monoisotopic (exact) mass is 258 g/mol. The zero-order valence-corrected chi connectivity index (χ0v) is 12.0. The Balaban J connectivity index is 2.49. The van der Waals surface area contributed by atoms with Gasteiger partial charge in [-0.25, -0.2) is 0 Å². The van der Waals surface area contributed by atoms with E-state index in [4.69, 9.17) is 5.73 Å². The van der Waals surface area contributed by atoms with Gasteiger partial charge in [-0.2, -0.15) is 11.8 Å². The molecule has 1 fully saturated rings. The van der Waals surface area contributed by atoms with Gasteiger partial charge in [-0.1, -0.05) is 19.3 Å². The van der Waals surface area contributed by atoms with Crippen molar-refractivity contribution in [2.45, 2.75) is 57.5 Å². The van der Waals surface area contributed by atoms with Crippen LogP contribution in [0, 0.1) is 0 Å². The number of thioether (sulfide) groups is 1. The Hall–Kier alpha value is -0.220. The van der Waals surface area contributed by atoms with Crippen LogP contribution < -0.4 is 5.73 Å². The first-order valence-corrected chi connectivity index (χ1v) is 8.15. The fourth-order valence-electron chi connectivity index (χ4n) is 2.57. The molecule has 3 nitrogen and oxygen atoms in total. The second-order valence-corrected chi connectivity index (χ2v) is 5.79. The molecule has 1 atom stereocenters. The minimum absolute atomic E-state index is 0.161. The zero-order valence-electron chi connectivity index (χ0n) is 11.2. The van der Waals surface area contributed by atoms with Gasteiger partial charge in [-0.15, -0.1) is 0 Å². The summed E-state index contributed by atoms with van der Waals surface area (Å²) in [6, 6.07) is 0.144. The SMILES string of the molecule is CCN(C(=O)[C@@H](N)CCSC)C1CCCCC1. The Morgan fingerprint density at radius 1 is 1.41 bits per heavy atom. The fraction of sp³-hybridized carbons (Fsp3) is 0.923. The lowest BCUT2D eigenvalue weighted by Crippen LogP contribution is -2.49. The zero-order chi connectivity index (χ0) is 12.7. The summed E-state index contributed by atoms with van der Waals surface area (Å²) in [7, 11) is 0. The molecule has 0 bridgehead atoms. The predicted molar refractivity (Wildman–Crippen MR) is 75.2 cm³/mol. The van der Waals surface area contributed by atoms with E-state index in [2.05, 4.69) is 13.2 Å². The molecule has 0 radical (unpaired) electrons. The van der Waals surface area contributed by atoms with Gasteiger partial charge in [-0.05, 0) is 38.2 Å². The number of rotatable bonds is 6. The Bertz CT molecular complexity index is 229. The lowest BCUT2D eigenvalue weighted by atomic mass is 9.93. The van der Waals surface area contributed by atoms with Crippen molar-refractivity contribution in [3.8, 4) is 0 Å². The number of nitrogens with two attached hydrogens (primary N) is 1. The van der Waals surface area contributed by atoms with E-state index in [1.54, 1.807) is 11.8 Å². The second-order valence-electron chi connectivity index (χ2n) is 4.80. The number of nitrogens with zero attached hydrogens (tertiary/aromatic N) is 1. The number of carbonyl (C=O) groups is 1. The maximum absolute atomic E-state index is 12.3. The van der Waals surface area contributed by atoms with Crippen LogP contribution in [0.3, 0.4) is 0 Å². The van der Waals surface area contributed by atoms with E-state index in [1.807, 2.05) is 4.90 Å². The molecule has 1 aliphatic rings. The van der Waals surface area contributed by atoms with Crippen molar-refractivity contribution in [2.24, 2.45) is 5.73 Å². The normalized spacial score (nSPS) is 19.0. The summed E-state index contributed by atoms with van der Waals surface area (Å²) < 4.78 is 0. The molecule has 0 unspecified atom stereocenters. The molecule has 1 aliphatic carbocycles. The van der Waals surface area contributed by atoms with Gasteiger partial charge in [0.1, 0.15) is 0 Å². The smallest absolute Gasteiger partial charge is 0.239 e. The van der Waals surface area contributed by atoms with E-state index >= 15 is 0 Å². The molecule has 1 saturated carbocycles. The Morgan fingerprint density at radius 2 is 2.06 bits per heavy atom. The summed E-state index contributed by atoms with van der Waals surface area (Å²) in [5.74, 6) is 1.13. The predicted octanol–water partition coefficient (Wildman–Crippen LogP) is 2.25. The van der Waals surface area contributed by atoms with Crippen LogP contribution in [0.25, 0.3) is 0 Å². The number of hydrogen-bond acceptors (Lipinski definition) is 3. The summed E-state index contributed by atoms with van der Waals surface area (Å²) in [4.78, 5) is 14.3. The van der Waals surface area contributed by atoms with Crippen molar-refractivity contribution in [3.05, 3.63) is 0 Å². The Kier molecular flexibility index (Phi) is 6.97. The molecular formula is C13H26N2OS. The lowest BCUT2D eigenvalue weighted by molar-refractivity contribution is -0.135. The highest BCUT2D eigenvalue weighted by atomic mass is 32.2. The summed E-state index contributed by atoms with van der Waals surface area (Å²) in [6.07, 6.45) is 9.01. The largest absolute Gasteiger partial charge is 0.339 e. The first-order chi connectivity index (χ1) is 8.20. The molecule has 0 aromatic rings. The van der Waals surface area contributed by atoms with Crippen molar-refractivity contribution in [1.82, 2.24) is 4.90 Å². The van der Waals surface area contributed by atoms with Crippen LogP contribution in [0.15, 0.2) is 0 Å². The molecule has 0 saturated heterocycles. The van der Waals surface area contributed by atoms with E-state index in [-0.39, 0.29) is 11.9 Å². The van der Waals surface area contributed by atoms with Crippen molar-refractivity contribution >= 4 is 17.7 Å². The molecule has 0 aromatic carbocycles. The molecule has 0 spiro atoms. The molecule has 100 valence electrons. The molecule has 4 heteroatoms. The number of likely N-dealkylation sites (N-methyl/N-ethyl adjacent to an activating group) is 1. The van der Waals surface area contributed by atoms with Gasteiger partial charge in [0.2, 0.25) is 5.91 Å². The average molecular weight is 258 g/mol. The van der Waals surface area contributed by atoms with E-state index in [1.165, 1.54) is 19.3 Å². The van der Waals surface area contributed by atoms with Gasteiger partial charge in [0, 0.05) is 12.6 Å². The Morgan fingerprint density at radius 3 is 2.59 bits per heavy atom. The van der Waals surface area contributed by atoms with Crippen LogP contribution in [0.2, 0.25) is 0 Å². The summed E-state index contributed by atoms with van der Waals surface area (Å²) in [5.41, 5.74) is 5.98. The third-order valence-corrected chi connectivity index (χ3v) is 4.23. The quantitative estimate of drug-likeness (QED) is 0.795. The van der Waals surface area contributed by atoms with E-state index in [0.717, 1.165) is 31.6 Å². The van der Waals surface area contributed by atoms with Crippen LogP contribution in [0.5, 0.6) is 0 Å². The van der Waals surface area contributed by atoms with Gasteiger partial charge in [-0.3, -0.25) is 4.79 Å². The summed E-state index contributed by atoms with van der Waals surface area (Å²) >= 11 is 1.75. The minimum atomic E-state index is -0.302. The number of amides is 1. The molecule has 1 amide bonds. The number of carbonyl (C=O) groups excluding carboxylic acids is 1. The molecule has 0 heterocycles. The summed E-state index contributed by atoms with van der Waals surface area (Å²) in [5, 5.41) is 0. The molecule has 1 rings (SSSR count). The van der Waals surface area contributed by atoms with Crippen molar-refractivity contribution < 1.29 is 4.79 Å². The lowest BCUT2D eigenvalue weighted by Gasteiger charge is -2.35. The van der Waals surface area contributed by atoms with Crippen molar-refractivity contribution in [3.63, 3.8) is 0 Å². The van der Waals surface area contributed by atoms with Crippen molar-refractivity contribution in [1.29, 1.82) is 0 Å². The summed E-state index contributed by atoms with van der Waals surface area (Å²) in [6.45, 7) is 2.87. The van der Waals surface area contributed by atoms with Crippen LogP contribution in [-0.4, -0.2) is 41.4 Å². The van der Waals surface area contributed by atoms with E-state index < -0.39 is 0 Å². The molecule has 17 heavy (non-hydrogen) atoms. The maximum Gasteiger partial charge on any atom is 0.239 e. The molecule has 0 aromatic heterocycles. The van der Waals surface area contributed by atoms with Gasteiger partial charge >= 0.3 is 0 Å². The molecular weight excluding hydrogens is 232 g/mol. The average Bonchev–Trinajstić information content (AvgIpc) is 2.38. The number of hydrogen-bond donors (Lipinski definition) is 1. The van der Waals surface area contributed by atoms with Gasteiger partial charge in [0.15, 0.2) is 0 Å². The van der Waals surface area contributed by atoms with Crippen molar-refractivity contribution in [2.75, 3.05) is 18.6 Å². The first kappa shape index (κ1) is 14.8. The third-order valence-electron chi connectivity index (χ3n) is 3.59.